The number of hydrogen-bond donors (Lipinski definition) is 4. The van der Waals surface area contributed by atoms with Crippen molar-refractivity contribution in [1.82, 2.24) is 0 Å². The number of unbranched alkanes of at least 4 members (excludes halogenated alkanes) is 42. The number of carbonyl (C=O) groups is 3. The number of esters is 3. The molecule has 0 radical (unpaired) electrons. The van der Waals surface area contributed by atoms with Crippen LogP contribution in [0.15, 0.2) is 48.6 Å². The van der Waals surface area contributed by atoms with Gasteiger partial charge >= 0.3 is 33.6 Å². The number of ether oxygens (including phenoxy) is 3. The lowest BCUT2D eigenvalue weighted by Crippen LogP contribution is -2.30. The van der Waals surface area contributed by atoms with E-state index in [1.807, 2.05) is 0 Å². The minimum absolute atomic E-state index is 0.114. The maximum absolute atomic E-state index is 12.9. The van der Waals surface area contributed by atoms with E-state index in [0.717, 1.165) is 83.5 Å². The Morgan fingerprint density at radius 3 is 0.871 bits per heavy atom. The fraction of sp³-hybridized carbons (Fsp3) is 0.853. The van der Waals surface area contributed by atoms with Crippen molar-refractivity contribution in [3.63, 3.8) is 0 Å². The fourth-order valence-corrected chi connectivity index (χ4v) is 12.3. The van der Waals surface area contributed by atoms with Crippen LogP contribution in [-0.4, -0.2) is 95.9 Å². The Morgan fingerprint density at radius 2 is 0.538 bits per heavy atom. The predicted molar refractivity (Wildman–Crippen MR) is 381 cm³/mol. The van der Waals surface area contributed by atoms with Crippen LogP contribution in [-0.2, 0) is 55.8 Å². The van der Waals surface area contributed by atoms with Gasteiger partial charge in [0.15, 0.2) is 6.10 Å². The number of rotatable bonds is 73. The molecule has 18 heteroatoms. The summed E-state index contributed by atoms with van der Waals surface area (Å²) in [6, 6.07) is 0. The largest absolute Gasteiger partial charge is 0.472 e. The van der Waals surface area contributed by atoms with Gasteiger partial charge in [-0.3, -0.25) is 32.5 Å². The van der Waals surface area contributed by atoms with E-state index in [-0.39, 0.29) is 19.3 Å². The van der Waals surface area contributed by atoms with Gasteiger partial charge in [0, 0.05) is 19.3 Å². The molecule has 0 saturated carbocycles. The maximum atomic E-state index is 12.9. The minimum Gasteiger partial charge on any atom is -0.463 e. The van der Waals surface area contributed by atoms with Crippen molar-refractivity contribution < 1.29 is 75.8 Å². The zero-order chi connectivity index (χ0) is 68.1. The fourth-order valence-electron chi connectivity index (χ4n) is 10.7. The highest BCUT2D eigenvalue weighted by atomic mass is 31.2. The van der Waals surface area contributed by atoms with E-state index in [1.54, 1.807) is 0 Å². The first-order valence-corrected chi connectivity index (χ1v) is 40.9. The molecule has 0 aromatic heterocycles. The quantitative estimate of drug-likeness (QED) is 0.0146. The summed E-state index contributed by atoms with van der Waals surface area (Å²) in [6.45, 7) is 2.69. The Labute approximate surface area is 568 Å². The molecule has 5 atom stereocenters. The molecule has 546 valence electrons. The number of allylic oxidation sites excluding steroid dienone is 8. The molecule has 4 N–H and O–H groups in total. The second kappa shape index (κ2) is 69.4. The van der Waals surface area contributed by atoms with Gasteiger partial charge in [-0.25, -0.2) is 9.13 Å². The molecule has 0 aromatic carbocycles. The number of aliphatic hydroxyl groups is 2. The first-order chi connectivity index (χ1) is 45.2. The van der Waals surface area contributed by atoms with Crippen LogP contribution in [0.5, 0.6) is 0 Å². The molecule has 5 unspecified atom stereocenters. The predicted octanol–water partition coefficient (Wildman–Crippen LogP) is 21.5. The summed E-state index contributed by atoms with van der Waals surface area (Å²) in [6.07, 6.45) is 72.0. The van der Waals surface area contributed by atoms with E-state index in [2.05, 4.69) is 69.4 Å². The summed E-state index contributed by atoms with van der Waals surface area (Å²) in [4.78, 5) is 58.3. The van der Waals surface area contributed by atoms with Crippen molar-refractivity contribution in [2.45, 2.75) is 373 Å². The summed E-state index contributed by atoms with van der Waals surface area (Å²) in [5.41, 5.74) is 0. The maximum Gasteiger partial charge on any atom is 0.472 e. The molecule has 0 spiro atoms. The van der Waals surface area contributed by atoms with Crippen LogP contribution in [0.1, 0.15) is 355 Å². The molecule has 0 bridgehead atoms. The van der Waals surface area contributed by atoms with E-state index in [1.165, 1.54) is 212 Å². The smallest absolute Gasteiger partial charge is 0.463 e. The monoisotopic (exact) mass is 1360 g/mol. The second-order valence-electron chi connectivity index (χ2n) is 25.8. The molecule has 0 aliphatic heterocycles. The molecule has 0 amide bonds. The van der Waals surface area contributed by atoms with Gasteiger partial charge in [0.05, 0.1) is 26.4 Å². The zero-order valence-electron chi connectivity index (χ0n) is 59.4. The molecule has 93 heavy (non-hydrogen) atoms. The lowest BCUT2D eigenvalue weighted by molar-refractivity contribution is -0.161. The molecule has 0 heterocycles. The van der Waals surface area contributed by atoms with Crippen LogP contribution in [0.3, 0.4) is 0 Å². The standard InChI is InChI=1S/C75H140O16P2/c1-4-7-10-13-16-19-22-24-25-26-27-28-29-30-31-32-33-34-35-36-37-38-39-40-41-42-43-45-48-49-52-55-58-61-73(78)85-64-70(76)65-87-92(81,82)88-66-71(77)67-89-93(83,84)90-69-72(91-75(80)63-60-57-54-51-46-21-18-15-12-9-6-3)68-86-74(79)62-59-56-53-50-47-44-23-20-17-14-11-8-5-2/h16,19,24-25,27-28,30-31,70-72,76-77H,4-15,17-18,20-23,26,29,32-69H2,1-3H3,(H,81,82)(H,83,84)/b19-16-,25-24-,28-27-,31-30-. The van der Waals surface area contributed by atoms with E-state index >= 15 is 0 Å². The Hall–Kier alpha value is -2.49. The molecule has 0 aliphatic rings. The van der Waals surface area contributed by atoms with Crippen molar-refractivity contribution >= 4 is 33.6 Å². The van der Waals surface area contributed by atoms with E-state index in [4.69, 9.17) is 32.3 Å². The topological polar surface area (TPSA) is 231 Å². The Bertz CT molecular complexity index is 1890. The van der Waals surface area contributed by atoms with Crippen molar-refractivity contribution in [3.05, 3.63) is 48.6 Å². The Kier molecular flexibility index (Phi) is 67.6. The highest BCUT2D eigenvalue weighted by Gasteiger charge is 2.29. The lowest BCUT2D eigenvalue weighted by atomic mass is 10.0. The summed E-state index contributed by atoms with van der Waals surface area (Å²) >= 11 is 0. The number of carbonyl (C=O) groups excluding carboxylic acids is 3. The molecule has 0 saturated heterocycles. The average Bonchev–Trinajstić information content (AvgIpc) is 3.07. The zero-order valence-corrected chi connectivity index (χ0v) is 61.2. The van der Waals surface area contributed by atoms with Gasteiger partial charge in [0.2, 0.25) is 0 Å². The highest BCUT2D eigenvalue weighted by molar-refractivity contribution is 7.47. The van der Waals surface area contributed by atoms with Gasteiger partial charge in [-0.2, -0.15) is 0 Å². The average molecular weight is 1360 g/mol. The summed E-state index contributed by atoms with van der Waals surface area (Å²) in [5, 5.41) is 20.6. The number of phosphoric acid groups is 2. The van der Waals surface area contributed by atoms with E-state index in [9.17, 15) is 43.5 Å². The molecule has 0 aromatic rings. The first-order valence-electron chi connectivity index (χ1n) is 37.9. The van der Waals surface area contributed by atoms with Crippen LogP contribution in [0.25, 0.3) is 0 Å². The molecule has 0 rings (SSSR count). The third kappa shape index (κ3) is 70.6. The lowest BCUT2D eigenvalue weighted by Gasteiger charge is -2.21. The van der Waals surface area contributed by atoms with E-state index < -0.39 is 91.5 Å². The van der Waals surface area contributed by atoms with Crippen LogP contribution in [0.2, 0.25) is 0 Å². The summed E-state index contributed by atoms with van der Waals surface area (Å²) < 4.78 is 60.9. The van der Waals surface area contributed by atoms with Crippen LogP contribution >= 0.6 is 15.6 Å². The van der Waals surface area contributed by atoms with Crippen molar-refractivity contribution in [3.8, 4) is 0 Å². The third-order valence-electron chi connectivity index (χ3n) is 16.6. The van der Waals surface area contributed by atoms with Crippen molar-refractivity contribution in [1.29, 1.82) is 0 Å². The molecule has 0 fully saturated rings. The Balaban J connectivity index is 4.26. The van der Waals surface area contributed by atoms with Gasteiger partial charge in [-0.05, 0) is 64.2 Å². The number of hydrogen-bond acceptors (Lipinski definition) is 14. The van der Waals surface area contributed by atoms with Crippen LogP contribution in [0, 0.1) is 0 Å². The van der Waals surface area contributed by atoms with Crippen molar-refractivity contribution in [2.24, 2.45) is 0 Å². The first kappa shape index (κ1) is 90.5. The van der Waals surface area contributed by atoms with Crippen LogP contribution in [0.4, 0.5) is 0 Å². The number of aliphatic hydroxyl groups excluding tert-OH is 2. The normalized spacial score (nSPS) is 14.4. The van der Waals surface area contributed by atoms with Crippen LogP contribution < -0.4 is 0 Å². The third-order valence-corrected chi connectivity index (χ3v) is 18.5. The highest BCUT2D eigenvalue weighted by Crippen LogP contribution is 2.45. The summed E-state index contributed by atoms with van der Waals surface area (Å²) in [7, 11) is -9.75. The molecular formula is C75H140O16P2. The molecule has 0 aliphatic carbocycles. The van der Waals surface area contributed by atoms with Gasteiger partial charge in [-0.15, -0.1) is 0 Å². The van der Waals surface area contributed by atoms with Gasteiger partial charge in [0.25, 0.3) is 0 Å². The molecular weight excluding hydrogens is 1220 g/mol. The number of phosphoric ester groups is 2. The Morgan fingerprint density at radius 1 is 0.301 bits per heavy atom. The molecule has 16 nitrogen and oxygen atoms in total. The van der Waals surface area contributed by atoms with Gasteiger partial charge in [0.1, 0.15) is 25.4 Å². The van der Waals surface area contributed by atoms with Crippen molar-refractivity contribution in [2.75, 3.05) is 39.6 Å². The van der Waals surface area contributed by atoms with Gasteiger partial charge < -0.3 is 34.2 Å². The minimum atomic E-state index is -4.91. The second-order valence-corrected chi connectivity index (χ2v) is 28.7. The van der Waals surface area contributed by atoms with Gasteiger partial charge in [-0.1, -0.05) is 320 Å². The summed E-state index contributed by atoms with van der Waals surface area (Å²) in [5.74, 6) is -1.55. The SMILES string of the molecule is CCCCC/C=C\C/C=C\C/C=C\C/C=C\CCCCCCCCCCCCCCCCCCCC(=O)OCC(O)COP(=O)(O)OCC(O)COP(=O)(O)OCC(COC(=O)CCCCCCCCCCCCCCC)OC(=O)CCCCCCCCCCCCC. The van der Waals surface area contributed by atoms with E-state index in [0.29, 0.717) is 19.3 Å².